The number of nitrogens with zero attached hydrogens (tertiary/aromatic N) is 2. The van der Waals surface area contributed by atoms with Gasteiger partial charge in [0.1, 0.15) is 0 Å². The Hall–Kier alpha value is -2.77. The van der Waals surface area contributed by atoms with Gasteiger partial charge in [-0.25, -0.2) is 0 Å². The van der Waals surface area contributed by atoms with E-state index in [0.29, 0.717) is 17.1 Å². The first-order valence-electron chi connectivity index (χ1n) is 6.72. The number of nitrogens with two attached hydrogens (primary N) is 1. The molecule has 0 saturated carbocycles. The SMILES string of the molecule is Nc1ccc(N=Nc2ccc(S(=O)(=O)O)cc2)c2ccccc12. The standard InChI is InChI=1S/C16H13N3O3S/c17-15-9-10-16(14-4-2-1-3-13(14)15)19-18-11-5-7-12(8-6-11)23(20,21)22/h1-10H,17H2,(H,20,21,22). The van der Waals surface area contributed by atoms with Crippen LogP contribution >= 0.6 is 0 Å². The van der Waals surface area contributed by atoms with Crippen LogP contribution in [0.15, 0.2) is 75.8 Å². The molecule has 0 heterocycles. The largest absolute Gasteiger partial charge is 0.398 e. The lowest BCUT2D eigenvalue weighted by molar-refractivity contribution is 0.483. The predicted molar refractivity (Wildman–Crippen MR) is 88.8 cm³/mol. The number of benzene rings is 3. The van der Waals surface area contributed by atoms with Gasteiger partial charge in [0.05, 0.1) is 16.3 Å². The zero-order valence-corrected chi connectivity index (χ0v) is 12.7. The molecule has 0 aliphatic rings. The molecule has 0 fully saturated rings. The van der Waals surface area contributed by atoms with Gasteiger partial charge in [0, 0.05) is 16.5 Å². The fraction of sp³-hybridized carbons (Fsp3) is 0. The molecule has 6 nitrogen and oxygen atoms in total. The van der Waals surface area contributed by atoms with Crippen molar-refractivity contribution < 1.29 is 13.0 Å². The van der Waals surface area contributed by atoms with E-state index in [2.05, 4.69) is 10.2 Å². The molecule has 0 spiro atoms. The number of anilines is 1. The van der Waals surface area contributed by atoms with Crippen LogP contribution in [0.2, 0.25) is 0 Å². The summed E-state index contributed by atoms with van der Waals surface area (Å²) in [4.78, 5) is -0.186. The maximum absolute atomic E-state index is 11.0. The molecule has 0 atom stereocenters. The van der Waals surface area contributed by atoms with Crippen LogP contribution < -0.4 is 5.73 Å². The summed E-state index contributed by atoms with van der Waals surface area (Å²) in [7, 11) is -4.21. The molecule has 3 N–H and O–H groups in total. The van der Waals surface area contributed by atoms with E-state index >= 15 is 0 Å². The normalized spacial score (nSPS) is 12.0. The summed E-state index contributed by atoms with van der Waals surface area (Å²) in [5.74, 6) is 0. The molecule has 0 bridgehead atoms. The molecule has 3 rings (SSSR count). The van der Waals surface area contributed by atoms with E-state index in [9.17, 15) is 8.42 Å². The quantitative estimate of drug-likeness (QED) is 0.429. The van der Waals surface area contributed by atoms with Crippen molar-refractivity contribution in [1.29, 1.82) is 0 Å². The van der Waals surface area contributed by atoms with Gasteiger partial charge in [0.2, 0.25) is 0 Å². The van der Waals surface area contributed by atoms with E-state index in [4.69, 9.17) is 10.3 Å². The number of azo groups is 1. The molecule has 23 heavy (non-hydrogen) atoms. The third kappa shape index (κ3) is 3.20. The molecule has 7 heteroatoms. The van der Waals surface area contributed by atoms with E-state index in [1.807, 2.05) is 24.3 Å². The molecule has 0 radical (unpaired) electrons. The monoisotopic (exact) mass is 327 g/mol. The Labute approximate surface area is 133 Å². The van der Waals surface area contributed by atoms with Gasteiger partial charge in [-0.15, -0.1) is 5.11 Å². The number of hydrogen-bond donors (Lipinski definition) is 2. The van der Waals surface area contributed by atoms with Crippen LogP contribution in [-0.2, 0) is 10.1 Å². The molecule has 3 aromatic carbocycles. The molecule has 0 aromatic heterocycles. The topological polar surface area (TPSA) is 105 Å². The summed E-state index contributed by atoms with van der Waals surface area (Å²) in [5, 5.41) is 10.1. The van der Waals surface area contributed by atoms with E-state index in [1.54, 1.807) is 12.1 Å². The number of hydrogen-bond acceptors (Lipinski definition) is 5. The second-order valence-electron chi connectivity index (χ2n) is 4.89. The second-order valence-corrected chi connectivity index (χ2v) is 6.31. The van der Waals surface area contributed by atoms with Gasteiger partial charge in [-0.2, -0.15) is 13.5 Å². The summed E-state index contributed by atoms with van der Waals surface area (Å²) in [6.45, 7) is 0. The van der Waals surface area contributed by atoms with Crippen LogP contribution in [0, 0.1) is 0 Å². The summed E-state index contributed by atoms with van der Waals surface area (Å²) in [6.07, 6.45) is 0. The summed E-state index contributed by atoms with van der Waals surface area (Å²) < 4.78 is 30.9. The van der Waals surface area contributed by atoms with Crippen molar-refractivity contribution in [3.8, 4) is 0 Å². The molecule has 3 aromatic rings. The van der Waals surface area contributed by atoms with Gasteiger partial charge in [0.25, 0.3) is 10.1 Å². The van der Waals surface area contributed by atoms with Crippen molar-refractivity contribution in [2.45, 2.75) is 4.90 Å². The first kappa shape index (κ1) is 15.1. The van der Waals surface area contributed by atoms with Crippen LogP contribution in [0.25, 0.3) is 10.8 Å². The highest BCUT2D eigenvalue weighted by Crippen LogP contribution is 2.31. The Morgan fingerprint density at radius 1 is 0.826 bits per heavy atom. The van der Waals surface area contributed by atoms with Gasteiger partial charge in [-0.05, 0) is 36.4 Å². The number of fused-ring (bicyclic) bond motifs is 1. The fourth-order valence-corrected chi connectivity index (χ4v) is 2.67. The average molecular weight is 327 g/mol. The third-order valence-electron chi connectivity index (χ3n) is 3.34. The molecule has 0 saturated heterocycles. The van der Waals surface area contributed by atoms with Gasteiger partial charge in [-0.1, -0.05) is 24.3 Å². The zero-order chi connectivity index (χ0) is 16.4. The maximum Gasteiger partial charge on any atom is 0.294 e. The van der Waals surface area contributed by atoms with Gasteiger partial charge < -0.3 is 5.73 Å². The van der Waals surface area contributed by atoms with Crippen LogP contribution in [0.1, 0.15) is 0 Å². The fourth-order valence-electron chi connectivity index (χ4n) is 2.19. The van der Waals surface area contributed by atoms with Crippen molar-refractivity contribution in [3.63, 3.8) is 0 Å². The molecule has 0 amide bonds. The highest BCUT2D eigenvalue weighted by molar-refractivity contribution is 7.85. The minimum absolute atomic E-state index is 0.186. The van der Waals surface area contributed by atoms with Crippen molar-refractivity contribution in [1.82, 2.24) is 0 Å². The maximum atomic E-state index is 11.0. The lowest BCUT2D eigenvalue weighted by atomic mass is 10.1. The molecular formula is C16H13N3O3S. The van der Waals surface area contributed by atoms with Gasteiger partial charge in [-0.3, -0.25) is 4.55 Å². The minimum Gasteiger partial charge on any atom is -0.398 e. The lowest BCUT2D eigenvalue weighted by Gasteiger charge is -2.04. The van der Waals surface area contributed by atoms with E-state index < -0.39 is 10.1 Å². The van der Waals surface area contributed by atoms with Crippen LogP contribution in [0.5, 0.6) is 0 Å². The minimum atomic E-state index is -4.21. The average Bonchev–Trinajstić information content (AvgIpc) is 2.54. The summed E-state index contributed by atoms with van der Waals surface area (Å²) in [6, 6.07) is 16.6. The first-order chi connectivity index (χ1) is 10.9. The van der Waals surface area contributed by atoms with E-state index in [1.165, 1.54) is 24.3 Å². The smallest absolute Gasteiger partial charge is 0.294 e. The van der Waals surface area contributed by atoms with Crippen molar-refractivity contribution in [3.05, 3.63) is 60.7 Å². The highest BCUT2D eigenvalue weighted by Gasteiger charge is 2.08. The van der Waals surface area contributed by atoms with E-state index in [0.717, 1.165) is 10.8 Å². The zero-order valence-electron chi connectivity index (χ0n) is 11.9. The molecule has 0 aliphatic heterocycles. The van der Waals surface area contributed by atoms with Crippen LogP contribution in [0.3, 0.4) is 0 Å². The predicted octanol–water partition coefficient (Wildman–Crippen LogP) is 4.08. The summed E-state index contributed by atoms with van der Waals surface area (Å²) in [5.41, 5.74) is 7.73. The number of rotatable bonds is 3. The Morgan fingerprint density at radius 2 is 1.48 bits per heavy atom. The number of nitrogen functional groups attached to an aromatic ring is 1. The van der Waals surface area contributed by atoms with Gasteiger partial charge >= 0.3 is 0 Å². The van der Waals surface area contributed by atoms with E-state index in [-0.39, 0.29) is 4.90 Å². The highest BCUT2D eigenvalue weighted by atomic mass is 32.2. The Morgan fingerprint density at radius 3 is 2.13 bits per heavy atom. The molecule has 116 valence electrons. The van der Waals surface area contributed by atoms with Crippen LogP contribution in [0.4, 0.5) is 17.1 Å². The van der Waals surface area contributed by atoms with Crippen molar-refractivity contribution in [2.24, 2.45) is 10.2 Å². The Bertz CT molecular complexity index is 997. The third-order valence-corrected chi connectivity index (χ3v) is 4.21. The first-order valence-corrected chi connectivity index (χ1v) is 8.16. The lowest BCUT2D eigenvalue weighted by Crippen LogP contribution is -1.96. The molecule has 0 unspecified atom stereocenters. The van der Waals surface area contributed by atoms with Crippen molar-refractivity contribution >= 4 is 38.0 Å². The van der Waals surface area contributed by atoms with Gasteiger partial charge in [0.15, 0.2) is 0 Å². The second kappa shape index (κ2) is 5.79. The van der Waals surface area contributed by atoms with Crippen LogP contribution in [-0.4, -0.2) is 13.0 Å². The Balaban J connectivity index is 1.96. The summed E-state index contributed by atoms with van der Waals surface area (Å²) >= 11 is 0. The molecule has 0 aliphatic carbocycles. The molecular weight excluding hydrogens is 314 g/mol. The van der Waals surface area contributed by atoms with Crippen molar-refractivity contribution in [2.75, 3.05) is 5.73 Å². The Kier molecular flexibility index (Phi) is 3.81.